The van der Waals surface area contributed by atoms with Crippen LogP contribution in [0.5, 0.6) is 0 Å². The fourth-order valence-corrected chi connectivity index (χ4v) is 3.28. The van der Waals surface area contributed by atoms with E-state index < -0.39 is 11.6 Å². The van der Waals surface area contributed by atoms with Crippen LogP contribution >= 0.6 is 33.9 Å². The lowest BCUT2D eigenvalue weighted by atomic mass is 10.0. The van der Waals surface area contributed by atoms with Gasteiger partial charge in [0.2, 0.25) is 0 Å². The highest BCUT2D eigenvalue weighted by Crippen LogP contribution is 2.25. The van der Waals surface area contributed by atoms with Crippen molar-refractivity contribution in [3.05, 3.63) is 55.3 Å². The molecule has 1 aromatic heterocycles. The lowest BCUT2D eigenvalue weighted by molar-refractivity contribution is 0.562. The van der Waals surface area contributed by atoms with Gasteiger partial charge in [-0.15, -0.1) is 11.3 Å². The van der Waals surface area contributed by atoms with E-state index in [1.54, 1.807) is 11.3 Å². The number of hydrogen-bond donors (Lipinski definition) is 1. The normalized spacial score (nSPS) is 12.7. The molecule has 0 saturated carbocycles. The third-order valence-corrected chi connectivity index (χ3v) is 4.51. The maximum atomic E-state index is 13.1. The zero-order valence-corrected chi connectivity index (χ0v) is 12.7. The van der Waals surface area contributed by atoms with Gasteiger partial charge < -0.3 is 5.32 Å². The Balaban J connectivity index is 2.20. The summed E-state index contributed by atoms with van der Waals surface area (Å²) in [5.41, 5.74) is 1.81. The Morgan fingerprint density at radius 1 is 1.22 bits per heavy atom. The van der Waals surface area contributed by atoms with E-state index in [1.165, 1.54) is 15.0 Å². The fraction of sp³-hybridized carbons (Fsp3) is 0.231. The van der Waals surface area contributed by atoms with E-state index in [0.29, 0.717) is 12.0 Å². The molecule has 0 saturated heterocycles. The number of nitrogens with one attached hydrogen (secondary N) is 1. The first kappa shape index (κ1) is 13.9. The standard InChI is InChI=1S/C13H12F2INS/c1-17-12(9-5-13(16)18-7-9)4-8-2-10(14)6-11(15)3-8/h2-3,5-7,12,17H,4H2,1H3. The minimum Gasteiger partial charge on any atom is -0.313 e. The summed E-state index contributed by atoms with van der Waals surface area (Å²) in [5, 5.41) is 5.25. The largest absolute Gasteiger partial charge is 0.313 e. The molecule has 1 heterocycles. The predicted molar refractivity (Wildman–Crippen MR) is 78.9 cm³/mol. The van der Waals surface area contributed by atoms with Gasteiger partial charge in [-0.3, -0.25) is 0 Å². The number of thiophene rings is 1. The van der Waals surface area contributed by atoms with Gasteiger partial charge in [-0.1, -0.05) is 0 Å². The minimum atomic E-state index is -0.528. The molecule has 1 atom stereocenters. The van der Waals surface area contributed by atoms with Gasteiger partial charge in [0.15, 0.2) is 0 Å². The third kappa shape index (κ3) is 3.49. The summed E-state index contributed by atoms with van der Waals surface area (Å²) in [6.45, 7) is 0. The van der Waals surface area contributed by atoms with Crippen molar-refractivity contribution in [2.45, 2.75) is 12.5 Å². The van der Waals surface area contributed by atoms with Gasteiger partial charge in [0.1, 0.15) is 11.6 Å². The summed E-state index contributed by atoms with van der Waals surface area (Å²) >= 11 is 3.93. The average Bonchev–Trinajstić information content (AvgIpc) is 2.71. The molecular weight excluding hydrogens is 367 g/mol. The second-order valence-electron chi connectivity index (χ2n) is 4.01. The van der Waals surface area contributed by atoms with Gasteiger partial charge in [-0.25, -0.2) is 8.78 Å². The maximum absolute atomic E-state index is 13.1. The van der Waals surface area contributed by atoms with Gasteiger partial charge in [0.05, 0.1) is 2.88 Å². The summed E-state index contributed by atoms with van der Waals surface area (Å²) in [5.74, 6) is -1.06. The Kier molecular flexibility index (Phi) is 4.69. The number of rotatable bonds is 4. The molecule has 18 heavy (non-hydrogen) atoms. The predicted octanol–water partition coefficient (Wildman–Crippen LogP) is 4.13. The molecule has 0 aliphatic rings. The van der Waals surface area contributed by atoms with Crippen LogP contribution in [0.4, 0.5) is 8.78 Å². The monoisotopic (exact) mass is 379 g/mol. The molecule has 5 heteroatoms. The number of hydrogen-bond acceptors (Lipinski definition) is 2. The van der Waals surface area contributed by atoms with Crippen molar-refractivity contribution in [2.75, 3.05) is 7.05 Å². The van der Waals surface area contributed by atoms with Crippen LogP contribution in [0.15, 0.2) is 29.6 Å². The molecule has 0 aliphatic heterocycles. The molecule has 1 aromatic carbocycles. The third-order valence-electron chi connectivity index (χ3n) is 2.70. The van der Waals surface area contributed by atoms with Crippen molar-refractivity contribution in [1.29, 1.82) is 0 Å². The van der Waals surface area contributed by atoms with Gasteiger partial charge in [-0.05, 0) is 70.8 Å². The second-order valence-corrected chi connectivity index (χ2v) is 6.81. The van der Waals surface area contributed by atoms with E-state index in [2.05, 4.69) is 39.4 Å². The van der Waals surface area contributed by atoms with Gasteiger partial charge in [-0.2, -0.15) is 0 Å². The second kappa shape index (κ2) is 6.08. The molecule has 96 valence electrons. The molecule has 0 spiro atoms. The van der Waals surface area contributed by atoms with Crippen LogP contribution < -0.4 is 5.32 Å². The van der Waals surface area contributed by atoms with Crippen LogP contribution in [0.3, 0.4) is 0 Å². The molecule has 0 amide bonds. The molecule has 2 aromatic rings. The smallest absolute Gasteiger partial charge is 0.126 e. The highest BCUT2D eigenvalue weighted by Gasteiger charge is 2.13. The first-order chi connectivity index (χ1) is 8.58. The van der Waals surface area contributed by atoms with Crippen molar-refractivity contribution in [1.82, 2.24) is 5.32 Å². The molecule has 0 aliphatic carbocycles. The lowest BCUT2D eigenvalue weighted by Gasteiger charge is -2.15. The first-order valence-corrected chi connectivity index (χ1v) is 7.40. The molecule has 0 fully saturated rings. The SMILES string of the molecule is CNC(Cc1cc(F)cc(F)c1)c1csc(I)c1. The van der Waals surface area contributed by atoms with E-state index in [9.17, 15) is 8.78 Å². The minimum absolute atomic E-state index is 0.0750. The summed E-state index contributed by atoms with van der Waals surface area (Å²) in [6, 6.07) is 5.81. The van der Waals surface area contributed by atoms with E-state index in [0.717, 1.165) is 11.6 Å². The highest BCUT2D eigenvalue weighted by molar-refractivity contribution is 14.1. The fourth-order valence-electron chi connectivity index (χ4n) is 1.86. The Hall–Kier alpha value is -0.530. The zero-order valence-electron chi connectivity index (χ0n) is 9.71. The summed E-state index contributed by atoms with van der Waals surface area (Å²) < 4.78 is 27.5. The Labute approximate surface area is 122 Å². The van der Waals surface area contributed by atoms with E-state index in [1.807, 2.05) is 7.05 Å². The zero-order chi connectivity index (χ0) is 13.1. The topological polar surface area (TPSA) is 12.0 Å². The average molecular weight is 379 g/mol. The lowest BCUT2D eigenvalue weighted by Crippen LogP contribution is -2.18. The molecule has 0 bridgehead atoms. The van der Waals surface area contributed by atoms with Crippen molar-refractivity contribution in [3.8, 4) is 0 Å². The summed E-state index contributed by atoms with van der Waals surface area (Å²) in [4.78, 5) is 0. The van der Waals surface area contributed by atoms with E-state index in [-0.39, 0.29) is 6.04 Å². The molecule has 2 rings (SSSR count). The first-order valence-electron chi connectivity index (χ1n) is 5.44. The van der Waals surface area contributed by atoms with Gasteiger partial charge >= 0.3 is 0 Å². The molecule has 1 N–H and O–H groups in total. The van der Waals surface area contributed by atoms with Gasteiger partial charge in [0, 0.05) is 12.1 Å². The van der Waals surface area contributed by atoms with E-state index in [4.69, 9.17) is 0 Å². The van der Waals surface area contributed by atoms with Crippen LogP contribution in [-0.2, 0) is 6.42 Å². The molecular formula is C13H12F2INS. The summed E-state index contributed by atoms with van der Waals surface area (Å²) in [7, 11) is 1.85. The number of benzene rings is 1. The Bertz CT molecular complexity index is 521. The van der Waals surface area contributed by atoms with Crippen molar-refractivity contribution >= 4 is 33.9 Å². The number of likely N-dealkylation sites (N-methyl/N-ethyl adjacent to an activating group) is 1. The van der Waals surface area contributed by atoms with Crippen LogP contribution in [0.25, 0.3) is 0 Å². The Morgan fingerprint density at radius 3 is 2.39 bits per heavy atom. The summed E-state index contributed by atoms with van der Waals surface area (Å²) in [6.07, 6.45) is 0.567. The quantitative estimate of drug-likeness (QED) is 0.788. The molecule has 1 unspecified atom stereocenters. The van der Waals surface area contributed by atoms with E-state index >= 15 is 0 Å². The van der Waals surface area contributed by atoms with Crippen LogP contribution in [0.2, 0.25) is 0 Å². The number of halogens is 3. The van der Waals surface area contributed by atoms with Crippen molar-refractivity contribution < 1.29 is 8.78 Å². The molecule has 1 nitrogen and oxygen atoms in total. The maximum Gasteiger partial charge on any atom is 0.126 e. The highest BCUT2D eigenvalue weighted by atomic mass is 127. The molecule has 0 radical (unpaired) electrons. The van der Waals surface area contributed by atoms with Gasteiger partial charge in [0.25, 0.3) is 0 Å². The van der Waals surface area contributed by atoms with Crippen molar-refractivity contribution in [2.24, 2.45) is 0 Å². The van der Waals surface area contributed by atoms with Crippen LogP contribution in [0, 0.1) is 14.5 Å². The van der Waals surface area contributed by atoms with Crippen molar-refractivity contribution in [3.63, 3.8) is 0 Å². The van der Waals surface area contributed by atoms with Crippen LogP contribution in [0.1, 0.15) is 17.2 Å². The van der Waals surface area contributed by atoms with Crippen LogP contribution in [-0.4, -0.2) is 7.05 Å². The Morgan fingerprint density at radius 2 is 1.89 bits per heavy atom.